The summed E-state index contributed by atoms with van der Waals surface area (Å²) in [6.45, 7) is 0. The molecular formula is C58H39N3. The van der Waals surface area contributed by atoms with Crippen molar-refractivity contribution in [2.75, 3.05) is 0 Å². The second-order valence-corrected chi connectivity index (χ2v) is 15.4. The van der Waals surface area contributed by atoms with Gasteiger partial charge in [-0.05, 0) is 93.0 Å². The van der Waals surface area contributed by atoms with Gasteiger partial charge in [0.25, 0.3) is 0 Å². The number of aromatic nitrogens is 3. The van der Waals surface area contributed by atoms with Gasteiger partial charge in [-0.25, -0.2) is 9.97 Å². The lowest BCUT2D eigenvalue weighted by Gasteiger charge is -2.19. The van der Waals surface area contributed by atoms with Crippen LogP contribution >= 0.6 is 0 Å². The Kier molecular flexibility index (Phi) is 9.18. The molecule has 0 amide bonds. The monoisotopic (exact) mass is 777 g/mol. The Hall–Kier alpha value is -8.14. The summed E-state index contributed by atoms with van der Waals surface area (Å²) in [7, 11) is 0. The Morgan fingerprint density at radius 2 is 0.738 bits per heavy atom. The van der Waals surface area contributed by atoms with Gasteiger partial charge < -0.3 is 4.57 Å². The number of rotatable bonds is 8. The van der Waals surface area contributed by atoms with Crippen molar-refractivity contribution in [2.24, 2.45) is 0 Å². The Balaban J connectivity index is 1.11. The van der Waals surface area contributed by atoms with E-state index in [1.54, 1.807) is 0 Å². The molecule has 0 fully saturated rings. The fourth-order valence-electron chi connectivity index (χ4n) is 8.69. The third-order valence-electron chi connectivity index (χ3n) is 11.6. The molecule has 0 aliphatic carbocycles. The third-order valence-corrected chi connectivity index (χ3v) is 11.6. The van der Waals surface area contributed by atoms with Gasteiger partial charge in [0, 0.05) is 33.2 Å². The highest BCUT2D eigenvalue weighted by Crippen LogP contribution is 2.45. The molecule has 0 N–H and O–H groups in total. The highest BCUT2D eigenvalue weighted by Gasteiger charge is 2.20. The van der Waals surface area contributed by atoms with E-state index in [0.717, 1.165) is 44.9 Å². The highest BCUT2D eigenvalue weighted by molar-refractivity contribution is 6.11. The largest absolute Gasteiger partial charge is 0.309 e. The van der Waals surface area contributed by atoms with Gasteiger partial charge in [0.15, 0.2) is 5.82 Å². The molecule has 2 aromatic heterocycles. The first kappa shape index (κ1) is 36.0. The van der Waals surface area contributed by atoms with Crippen LogP contribution in [0.1, 0.15) is 0 Å². The lowest BCUT2D eigenvalue weighted by molar-refractivity contribution is 1.18. The fourth-order valence-corrected chi connectivity index (χ4v) is 8.69. The molecule has 0 saturated heterocycles. The summed E-state index contributed by atoms with van der Waals surface area (Å²) in [6.07, 6.45) is 0. The standard InChI is InChI=1S/C58H39N3/c1-6-18-40(19-7-1)47-37-50(41-30-32-43(33-31-41)54-39-53(42-20-8-2-9-21-42)59-58(60-54)45-24-12-4-13-25-45)57(44-22-10-3-11-23-44)51(38-47)46-34-35-56-52(36-46)49-28-16-17-29-55(49)61(56)48-26-14-5-15-27-48/h1-39H. The normalized spacial score (nSPS) is 11.3. The maximum atomic E-state index is 5.13. The van der Waals surface area contributed by atoms with Crippen molar-refractivity contribution >= 4 is 21.8 Å². The number of fused-ring (bicyclic) bond motifs is 3. The van der Waals surface area contributed by atoms with E-state index in [4.69, 9.17) is 9.97 Å². The zero-order chi connectivity index (χ0) is 40.5. The Bertz CT molecular complexity index is 3250. The van der Waals surface area contributed by atoms with E-state index in [1.807, 2.05) is 24.3 Å². The van der Waals surface area contributed by atoms with E-state index in [9.17, 15) is 0 Å². The van der Waals surface area contributed by atoms with Crippen molar-refractivity contribution in [3.63, 3.8) is 0 Å². The molecule has 61 heavy (non-hydrogen) atoms. The van der Waals surface area contributed by atoms with Crippen molar-refractivity contribution in [2.45, 2.75) is 0 Å². The summed E-state index contributed by atoms with van der Waals surface area (Å²) < 4.78 is 2.38. The van der Waals surface area contributed by atoms with Gasteiger partial charge >= 0.3 is 0 Å². The van der Waals surface area contributed by atoms with Crippen LogP contribution in [-0.4, -0.2) is 14.5 Å². The first-order valence-corrected chi connectivity index (χ1v) is 20.7. The summed E-state index contributed by atoms with van der Waals surface area (Å²) in [5.41, 5.74) is 17.7. The topological polar surface area (TPSA) is 30.7 Å². The smallest absolute Gasteiger partial charge is 0.160 e. The number of hydrogen-bond donors (Lipinski definition) is 0. The van der Waals surface area contributed by atoms with E-state index in [1.165, 1.54) is 55.2 Å². The van der Waals surface area contributed by atoms with Gasteiger partial charge in [-0.15, -0.1) is 0 Å². The molecule has 286 valence electrons. The maximum Gasteiger partial charge on any atom is 0.160 e. The average molecular weight is 778 g/mol. The van der Waals surface area contributed by atoms with Gasteiger partial charge in [-0.3, -0.25) is 0 Å². The van der Waals surface area contributed by atoms with E-state index in [-0.39, 0.29) is 0 Å². The maximum absolute atomic E-state index is 5.13. The molecule has 2 heterocycles. The fraction of sp³-hybridized carbons (Fsp3) is 0. The SMILES string of the molecule is c1ccc(-c2cc(-c3ccc(-c4cc(-c5ccccc5)nc(-c5ccccc5)n4)cc3)c(-c3ccccc3)c(-c3ccc4c(c3)c3ccccc3n4-c3ccccc3)c2)cc1. The first-order chi connectivity index (χ1) is 30.2. The van der Waals surface area contributed by atoms with Gasteiger partial charge in [0.2, 0.25) is 0 Å². The molecule has 3 heteroatoms. The van der Waals surface area contributed by atoms with Crippen molar-refractivity contribution in [3.8, 4) is 84.1 Å². The molecule has 0 unspecified atom stereocenters. The van der Waals surface area contributed by atoms with Crippen molar-refractivity contribution < 1.29 is 0 Å². The molecule has 0 saturated carbocycles. The summed E-state index contributed by atoms with van der Waals surface area (Å²) in [5, 5.41) is 2.46. The molecule has 3 nitrogen and oxygen atoms in total. The van der Waals surface area contributed by atoms with Crippen LogP contribution in [0.3, 0.4) is 0 Å². The predicted molar refractivity (Wildman–Crippen MR) is 254 cm³/mol. The lowest BCUT2D eigenvalue weighted by atomic mass is 9.84. The molecule has 9 aromatic carbocycles. The molecule has 0 spiro atoms. The minimum atomic E-state index is 0.705. The molecule has 0 aliphatic rings. The van der Waals surface area contributed by atoms with Gasteiger partial charge in [-0.2, -0.15) is 0 Å². The molecule has 11 aromatic rings. The van der Waals surface area contributed by atoms with Gasteiger partial charge in [-0.1, -0.05) is 188 Å². The minimum absolute atomic E-state index is 0.705. The molecule has 0 radical (unpaired) electrons. The quantitative estimate of drug-likeness (QED) is 0.154. The van der Waals surface area contributed by atoms with Crippen LogP contribution < -0.4 is 0 Å². The highest BCUT2D eigenvalue weighted by atomic mass is 15.0. The Labute approximate surface area is 355 Å². The molecule has 11 rings (SSSR count). The lowest BCUT2D eigenvalue weighted by Crippen LogP contribution is -1.96. The summed E-state index contributed by atoms with van der Waals surface area (Å²) >= 11 is 0. The van der Waals surface area contributed by atoms with Crippen molar-refractivity contribution in [1.82, 2.24) is 14.5 Å². The van der Waals surface area contributed by atoms with E-state index >= 15 is 0 Å². The van der Waals surface area contributed by atoms with Crippen LogP contribution in [0.5, 0.6) is 0 Å². The van der Waals surface area contributed by atoms with Crippen molar-refractivity contribution in [1.29, 1.82) is 0 Å². The second-order valence-electron chi connectivity index (χ2n) is 15.4. The van der Waals surface area contributed by atoms with Crippen LogP contribution in [0.25, 0.3) is 106 Å². The van der Waals surface area contributed by atoms with Crippen LogP contribution in [0.2, 0.25) is 0 Å². The van der Waals surface area contributed by atoms with Crippen LogP contribution in [0.4, 0.5) is 0 Å². The number of para-hydroxylation sites is 2. The number of hydrogen-bond acceptors (Lipinski definition) is 2. The second kappa shape index (κ2) is 15.6. The van der Waals surface area contributed by atoms with Gasteiger partial charge in [0.05, 0.1) is 22.4 Å². The predicted octanol–water partition coefficient (Wildman–Crippen LogP) is 15.2. The summed E-state index contributed by atoms with van der Waals surface area (Å²) in [5.74, 6) is 0.705. The Morgan fingerprint density at radius 3 is 1.38 bits per heavy atom. The Morgan fingerprint density at radius 1 is 0.279 bits per heavy atom. The average Bonchev–Trinajstić information content (AvgIpc) is 3.68. The van der Waals surface area contributed by atoms with Crippen molar-refractivity contribution in [3.05, 3.63) is 237 Å². The summed E-state index contributed by atoms with van der Waals surface area (Å²) in [6, 6.07) is 84.3. The number of nitrogens with zero attached hydrogens (tertiary/aromatic N) is 3. The van der Waals surface area contributed by atoms with E-state index in [2.05, 4.69) is 217 Å². The summed E-state index contributed by atoms with van der Waals surface area (Å²) in [4.78, 5) is 10.2. The van der Waals surface area contributed by atoms with Crippen LogP contribution in [0.15, 0.2) is 237 Å². The number of benzene rings is 9. The zero-order valence-electron chi connectivity index (χ0n) is 33.4. The third kappa shape index (κ3) is 6.78. The van der Waals surface area contributed by atoms with Gasteiger partial charge in [0.1, 0.15) is 0 Å². The first-order valence-electron chi connectivity index (χ1n) is 20.7. The molecule has 0 aliphatic heterocycles. The molecule has 0 bridgehead atoms. The van der Waals surface area contributed by atoms with E-state index < -0.39 is 0 Å². The molecule has 0 atom stereocenters. The van der Waals surface area contributed by atoms with Crippen LogP contribution in [0, 0.1) is 0 Å². The minimum Gasteiger partial charge on any atom is -0.309 e. The van der Waals surface area contributed by atoms with Crippen LogP contribution in [-0.2, 0) is 0 Å². The zero-order valence-corrected chi connectivity index (χ0v) is 33.4. The van der Waals surface area contributed by atoms with E-state index in [0.29, 0.717) is 5.82 Å². The molecular weight excluding hydrogens is 739 g/mol.